The smallest absolute Gasteiger partial charge is 0.191 e. The molecule has 0 bridgehead atoms. The molecule has 0 amide bonds. The van der Waals surface area contributed by atoms with Crippen LogP contribution in [0, 0.1) is 0 Å². The van der Waals surface area contributed by atoms with Crippen LogP contribution in [-0.2, 0) is 0 Å². The first-order chi connectivity index (χ1) is 11.8. The van der Waals surface area contributed by atoms with Crippen LogP contribution in [0.1, 0.15) is 15.9 Å². The van der Waals surface area contributed by atoms with Gasteiger partial charge in [0.05, 0.1) is 12.2 Å². The average molecular weight is 319 g/mol. The molecule has 3 heterocycles. The highest BCUT2D eigenvalue weighted by atomic mass is 16.1. The Kier molecular flexibility index (Phi) is 3.49. The number of aliphatic imine (C=N–C) groups is 1. The van der Waals surface area contributed by atoms with Gasteiger partial charge in [-0.3, -0.25) is 9.79 Å². The molecule has 1 aromatic heterocycles. The lowest BCUT2D eigenvalue weighted by Gasteiger charge is -2.31. The van der Waals surface area contributed by atoms with Gasteiger partial charge in [-0.15, -0.1) is 0 Å². The minimum absolute atomic E-state index is 0.0849. The minimum atomic E-state index is -0.0849. The topological polar surface area (TPSA) is 69.6 Å². The largest absolute Gasteiger partial charge is 0.373 e. The number of carbonyl (C=O) groups is 1. The lowest BCUT2D eigenvalue weighted by atomic mass is 10.1. The van der Waals surface area contributed by atoms with Gasteiger partial charge < -0.3 is 15.5 Å². The summed E-state index contributed by atoms with van der Waals surface area (Å²) in [5.41, 5.74) is 2.59. The van der Waals surface area contributed by atoms with E-state index in [1.807, 2.05) is 24.3 Å². The number of carbonyl (C=O) groups excluding carboxylic acids is 1. The normalized spacial score (nSPS) is 17.0. The highest BCUT2D eigenvalue weighted by molar-refractivity contribution is 6.10. The number of aromatic nitrogens is 1. The van der Waals surface area contributed by atoms with Gasteiger partial charge in [-0.1, -0.05) is 12.1 Å². The highest BCUT2D eigenvalue weighted by Gasteiger charge is 2.29. The summed E-state index contributed by atoms with van der Waals surface area (Å²) in [6.07, 6.45) is 3.20. The Morgan fingerprint density at radius 2 is 2.17 bits per heavy atom. The van der Waals surface area contributed by atoms with Gasteiger partial charge in [-0.25, -0.2) is 4.98 Å². The van der Waals surface area contributed by atoms with E-state index in [0.29, 0.717) is 5.56 Å². The van der Waals surface area contributed by atoms with E-state index in [1.165, 1.54) is 0 Å². The van der Waals surface area contributed by atoms with E-state index in [0.717, 1.165) is 41.8 Å². The lowest BCUT2D eigenvalue weighted by Crippen LogP contribution is -2.36. The van der Waals surface area contributed by atoms with Crippen LogP contribution in [0.25, 0.3) is 0 Å². The van der Waals surface area contributed by atoms with Gasteiger partial charge in [0.2, 0.25) is 0 Å². The zero-order chi connectivity index (χ0) is 16.5. The summed E-state index contributed by atoms with van der Waals surface area (Å²) in [5, 5.41) is 6.29. The summed E-state index contributed by atoms with van der Waals surface area (Å²) in [6, 6.07) is 11.6. The first-order valence-corrected chi connectivity index (χ1v) is 7.84. The monoisotopic (exact) mass is 319 g/mol. The van der Waals surface area contributed by atoms with Crippen molar-refractivity contribution < 1.29 is 4.79 Å². The van der Waals surface area contributed by atoms with E-state index >= 15 is 0 Å². The number of fused-ring (bicyclic) bond motifs is 3. The number of ketones is 1. The zero-order valence-electron chi connectivity index (χ0n) is 13.3. The number of pyridine rings is 1. The van der Waals surface area contributed by atoms with Crippen LogP contribution >= 0.6 is 0 Å². The fourth-order valence-corrected chi connectivity index (χ4v) is 2.91. The van der Waals surface area contributed by atoms with Gasteiger partial charge in [-0.05, 0) is 24.3 Å². The Hall–Kier alpha value is -3.15. The summed E-state index contributed by atoms with van der Waals surface area (Å²) >= 11 is 0. The zero-order valence-corrected chi connectivity index (χ0v) is 13.3. The maximum Gasteiger partial charge on any atom is 0.191 e. The Labute approximate surface area is 139 Å². The third kappa shape index (κ3) is 2.42. The molecule has 2 N–H and O–H groups in total. The van der Waals surface area contributed by atoms with Gasteiger partial charge in [-0.2, -0.15) is 0 Å². The van der Waals surface area contributed by atoms with Crippen molar-refractivity contribution in [2.45, 2.75) is 0 Å². The molecule has 6 nitrogen and oxygen atoms in total. The summed E-state index contributed by atoms with van der Waals surface area (Å²) < 4.78 is 0. The molecule has 0 atom stereocenters. The third-order valence-electron chi connectivity index (χ3n) is 4.13. The average Bonchev–Trinajstić information content (AvgIpc) is 3.12. The predicted octanol–water partition coefficient (Wildman–Crippen LogP) is 2.34. The van der Waals surface area contributed by atoms with Crippen molar-refractivity contribution in [3.05, 3.63) is 65.6 Å². The molecule has 2 aliphatic heterocycles. The number of hydrogen-bond acceptors (Lipinski definition) is 6. The molecular formula is C18H17N5O. The van der Waals surface area contributed by atoms with Crippen molar-refractivity contribution in [1.29, 1.82) is 0 Å². The second-order valence-electron chi connectivity index (χ2n) is 5.60. The highest BCUT2D eigenvalue weighted by Crippen LogP contribution is 2.29. The minimum Gasteiger partial charge on any atom is -0.373 e. The summed E-state index contributed by atoms with van der Waals surface area (Å²) in [6.45, 7) is 1.50. The second kappa shape index (κ2) is 5.81. The van der Waals surface area contributed by atoms with Crippen LogP contribution in [-0.4, -0.2) is 41.6 Å². The number of benzene rings is 1. The maximum absolute atomic E-state index is 12.6. The summed E-state index contributed by atoms with van der Waals surface area (Å²) in [5.74, 6) is 2.33. The van der Waals surface area contributed by atoms with Crippen LogP contribution in [0.5, 0.6) is 0 Å². The molecule has 6 heteroatoms. The molecule has 0 aliphatic carbocycles. The Bertz CT molecular complexity index is 854. The second-order valence-corrected chi connectivity index (χ2v) is 5.60. The molecule has 0 spiro atoms. The Morgan fingerprint density at radius 3 is 2.96 bits per heavy atom. The van der Waals surface area contributed by atoms with Crippen LogP contribution in [0.3, 0.4) is 0 Å². The predicted molar refractivity (Wildman–Crippen MR) is 94.4 cm³/mol. The SMILES string of the molecule is CNc1ccc(C(=O)/C=C2\Nc3ccccc3C3=NCCN32)cn1. The molecular weight excluding hydrogens is 302 g/mol. The quantitative estimate of drug-likeness (QED) is 0.671. The number of nitrogens with one attached hydrogen (secondary N) is 2. The number of rotatable bonds is 3. The summed E-state index contributed by atoms with van der Waals surface area (Å²) in [4.78, 5) is 23.4. The number of anilines is 2. The molecule has 120 valence electrons. The first-order valence-electron chi connectivity index (χ1n) is 7.84. The molecule has 2 aliphatic rings. The van der Waals surface area contributed by atoms with E-state index in [4.69, 9.17) is 0 Å². The van der Waals surface area contributed by atoms with Crippen molar-refractivity contribution in [3.63, 3.8) is 0 Å². The Balaban J connectivity index is 1.67. The van der Waals surface area contributed by atoms with Gasteiger partial charge >= 0.3 is 0 Å². The van der Waals surface area contributed by atoms with Gasteiger partial charge in [0.15, 0.2) is 5.78 Å². The third-order valence-corrected chi connectivity index (χ3v) is 4.13. The lowest BCUT2D eigenvalue weighted by molar-refractivity contribution is 0.104. The molecule has 0 saturated heterocycles. The number of hydrogen-bond donors (Lipinski definition) is 2. The fraction of sp³-hybridized carbons (Fsp3) is 0.167. The molecule has 0 fully saturated rings. The molecule has 2 aromatic rings. The molecule has 0 radical (unpaired) electrons. The molecule has 1 aromatic carbocycles. The van der Waals surface area contributed by atoms with Crippen molar-refractivity contribution in [3.8, 4) is 0 Å². The van der Waals surface area contributed by atoms with Gasteiger partial charge in [0.25, 0.3) is 0 Å². The number of allylic oxidation sites excluding steroid dienone is 1. The molecule has 4 rings (SSSR count). The van der Waals surface area contributed by atoms with Crippen LogP contribution < -0.4 is 10.6 Å². The molecule has 24 heavy (non-hydrogen) atoms. The van der Waals surface area contributed by atoms with E-state index < -0.39 is 0 Å². The first kappa shape index (κ1) is 14.4. The van der Waals surface area contributed by atoms with E-state index in [9.17, 15) is 4.79 Å². The number of nitrogens with zero attached hydrogens (tertiary/aromatic N) is 3. The van der Waals surface area contributed by atoms with Crippen LogP contribution in [0.4, 0.5) is 11.5 Å². The van der Waals surface area contributed by atoms with E-state index in [2.05, 4.69) is 25.5 Å². The number of amidine groups is 1. The standard InChI is InChI=1S/C18H17N5O/c1-19-16-7-6-12(11-21-16)15(24)10-17-22-14-5-3-2-4-13(14)18-20-8-9-23(17)18/h2-7,10-11,22H,8-9H2,1H3,(H,19,21)/b17-10+. The van der Waals surface area contributed by atoms with Crippen molar-refractivity contribution in [2.75, 3.05) is 30.8 Å². The van der Waals surface area contributed by atoms with E-state index in [-0.39, 0.29) is 5.78 Å². The molecule has 0 unspecified atom stereocenters. The van der Waals surface area contributed by atoms with Crippen molar-refractivity contribution >= 4 is 23.1 Å². The van der Waals surface area contributed by atoms with Gasteiger partial charge in [0, 0.05) is 37.0 Å². The van der Waals surface area contributed by atoms with Crippen LogP contribution in [0.2, 0.25) is 0 Å². The van der Waals surface area contributed by atoms with Crippen molar-refractivity contribution in [1.82, 2.24) is 9.88 Å². The van der Waals surface area contributed by atoms with Crippen LogP contribution in [0.15, 0.2) is 59.5 Å². The summed E-state index contributed by atoms with van der Waals surface area (Å²) in [7, 11) is 1.80. The Morgan fingerprint density at radius 1 is 1.29 bits per heavy atom. The van der Waals surface area contributed by atoms with Crippen molar-refractivity contribution in [2.24, 2.45) is 4.99 Å². The number of para-hydroxylation sites is 1. The maximum atomic E-state index is 12.6. The van der Waals surface area contributed by atoms with E-state index in [1.54, 1.807) is 31.5 Å². The fourth-order valence-electron chi connectivity index (χ4n) is 2.91. The molecule has 0 saturated carbocycles. The van der Waals surface area contributed by atoms with Gasteiger partial charge in [0.1, 0.15) is 17.5 Å².